The van der Waals surface area contributed by atoms with E-state index in [2.05, 4.69) is 4.98 Å². The summed E-state index contributed by atoms with van der Waals surface area (Å²) in [6.45, 7) is -1.34. The number of aliphatic carboxylic acids is 1. The number of carboxylic acid groups (broad SMARTS) is 1. The van der Waals surface area contributed by atoms with Gasteiger partial charge in [-0.05, 0) is 12.1 Å². The third-order valence-corrected chi connectivity index (χ3v) is 3.33. The highest BCUT2D eigenvalue weighted by atomic mass is 19.4. The van der Waals surface area contributed by atoms with E-state index >= 15 is 0 Å². The number of halogens is 3. The van der Waals surface area contributed by atoms with Crippen molar-refractivity contribution in [1.29, 1.82) is 0 Å². The number of aromatic hydroxyl groups is 1. The predicted octanol–water partition coefficient (Wildman–Crippen LogP) is 1.12. The largest absolute Gasteiger partial charge is 0.505 e. The van der Waals surface area contributed by atoms with Crippen LogP contribution in [-0.4, -0.2) is 51.2 Å². The number of carbonyl (C=O) groups excluding carboxylic acids is 1. The highest BCUT2D eigenvalue weighted by Gasteiger charge is 2.53. The van der Waals surface area contributed by atoms with Crippen LogP contribution in [0.3, 0.4) is 0 Å². The maximum Gasteiger partial charge on any atom is 0.394 e. The molecule has 2 heterocycles. The van der Waals surface area contributed by atoms with E-state index in [4.69, 9.17) is 5.11 Å². The van der Waals surface area contributed by atoms with Crippen LogP contribution in [0.1, 0.15) is 10.5 Å². The molecule has 2 N–H and O–H groups in total. The number of alkyl halides is 3. The normalized spacial score (nSPS) is 22.3. The van der Waals surface area contributed by atoms with Crippen molar-refractivity contribution in [1.82, 2.24) is 9.88 Å². The van der Waals surface area contributed by atoms with Gasteiger partial charge in [0, 0.05) is 19.3 Å². The van der Waals surface area contributed by atoms with Crippen molar-refractivity contribution in [2.75, 3.05) is 13.1 Å². The number of hydrogen-bond donors (Lipinski definition) is 2. The molecule has 1 aromatic rings. The fourth-order valence-corrected chi connectivity index (χ4v) is 2.26. The van der Waals surface area contributed by atoms with Gasteiger partial charge >= 0.3 is 12.1 Å². The summed E-state index contributed by atoms with van der Waals surface area (Å²) in [5.74, 6) is -6.86. The number of rotatable bonds is 2. The number of carboxylic acids is 1. The second kappa shape index (κ2) is 5.23. The molecule has 2 atom stereocenters. The Morgan fingerprint density at radius 3 is 2.48 bits per heavy atom. The highest BCUT2D eigenvalue weighted by molar-refractivity contribution is 5.95. The number of carbonyl (C=O) groups is 2. The van der Waals surface area contributed by atoms with Crippen molar-refractivity contribution in [3.8, 4) is 5.75 Å². The zero-order chi connectivity index (χ0) is 15.8. The van der Waals surface area contributed by atoms with Crippen molar-refractivity contribution < 1.29 is 33.0 Å². The number of nitrogens with zero attached hydrogens (tertiary/aromatic N) is 2. The van der Waals surface area contributed by atoms with E-state index in [1.807, 2.05) is 0 Å². The number of aromatic nitrogens is 1. The molecular weight excluding hydrogens is 293 g/mol. The number of pyridine rings is 1. The standard InChI is InChI=1S/C12H11F3N2O4/c13-12(14,15)7-5-17(4-6(7)11(20)21)10(19)9-8(18)2-1-3-16-9/h1-3,6-7,18H,4-5H2,(H,20,21)/t6-,7-/m1/s1. The Labute approximate surface area is 116 Å². The molecule has 0 aromatic carbocycles. The summed E-state index contributed by atoms with van der Waals surface area (Å²) >= 11 is 0. The quantitative estimate of drug-likeness (QED) is 0.854. The van der Waals surface area contributed by atoms with Gasteiger partial charge in [-0.1, -0.05) is 0 Å². The molecule has 0 aliphatic carbocycles. The Bertz CT molecular complexity index is 576. The van der Waals surface area contributed by atoms with Gasteiger partial charge in [-0.2, -0.15) is 13.2 Å². The number of likely N-dealkylation sites (tertiary alicyclic amines) is 1. The maximum atomic E-state index is 12.8. The molecule has 1 aromatic heterocycles. The van der Waals surface area contributed by atoms with Crippen LogP contribution in [0.5, 0.6) is 5.75 Å². The van der Waals surface area contributed by atoms with E-state index in [1.165, 1.54) is 18.3 Å². The molecule has 1 aliphatic rings. The van der Waals surface area contributed by atoms with Crippen molar-refractivity contribution in [3.63, 3.8) is 0 Å². The molecule has 0 unspecified atom stereocenters. The molecule has 6 nitrogen and oxygen atoms in total. The van der Waals surface area contributed by atoms with Gasteiger partial charge in [0.1, 0.15) is 5.75 Å². The Morgan fingerprint density at radius 2 is 2.00 bits per heavy atom. The first-order valence-electron chi connectivity index (χ1n) is 5.94. The van der Waals surface area contributed by atoms with E-state index < -0.39 is 54.4 Å². The summed E-state index contributed by atoms with van der Waals surface area (Å²) in [5.41, 5.74) is -0.399. The summed E-state index contributed by atoms with van der Waals surface area (Å²) in [7, 11) is 0. The minimum absolute atomic E-state index is 0.399. The lowest BCUT2D eigenvalue weighted by atomic mass is 9.96. The SMILES string of the molecule is O=C(O)[C@@H]1CN(C(=O)c2ncccc2O)C[C@H]1C(F)(F)F. The van der Waals surface area contributed by atoms with E-state index in [-0.39, 0.29) is 0 Å². The van der Waals surface area contributed by atoms with Gasteiger partial charge < -0.3 is 15.1 Å². The molecular formula is C12H11F3N2O4. The smallest absolute Gasteiger partial charge is 0.394 e. The second-order valence-corrected chi connectivity index (χ2v) is 4.67. The van der Waals surface area contributed by atoms with Crippen LogP contribution in [-0.2, 0) is 4.79 Å². The van der Waals surface area contributed by atoms with Crippen LogP contribution >= 0.6 is 0 Å². The van der Waals surface area contributed by atoms with Crippen LogP contribution in [0.25, 0.3) is 0 Å². The van der Waals surface area contributed by atoms with Crippen molar-refractivity contribution in [2.45, 2.75) is 6.18 Å². The van der Waals surface area contributed by atoms with E-state index in [0.717, 1.165) is 4.90 Å². The summed E-state index contributed by atoms with van der Waals surface area (Å²) in [5, 5.41) is 18.4. The van der Waals surface area contributed by atoms with Crippen molar-refractivity contribution >= 4 is 11.9 Å². The predicted molar refractivity (Wildman–Crippen MR) is 62.5 cm³/mol. The van der Waals surface area contributed by atoms with Crippen LogP contribution in [0.4, 0.5) is 13.2 Å². The third kappa shape index (κ3) is 2.91. The first kappa shape index (κ1) is 15.1. The van der Waals surface area contributed by atoms with Gasteiger partial charge in [-0.25, -0.2) is 4.98 Å². The number of amides is 1. The van der Waals surface area contributed by atoms with Gasteiger partial charge in [0.2, 0.25) is 0 Å². The molecule has 21 heavy (non-hydrogen) atoms. The first-order chi connectivity index (χ1) is 9.71. The fourth-order valence-electron chi connectivity index (χ4n) is 2.26. The molecule has 0 spiro atoms. The van der Waals surface area contributed by atoms with Gasteiger partial charge in [-0.15, -0.1) is 0 Å². The summed E-state index contributed by atoms with van der Waals surface area (Å²) in [6, 6.07) is 2.53. The summed E-state index contributed by atoms with van der Waals surface area (Å²) in [4.78, 5) is 27.3. The van der Waals surface area contributed by atoms with E-state index in [9.17, 15) is 27.9 Å². The van der Waals surface area contributed by atoms with Gasteiger partial charge in [0.25, 0.3) is 5.91 Å². The zero-order valence-electron chi connectivity index (χ0n) is 10.5. The third-order valence-electron chi connectivity index (χ3n) is 3.33. The Kier molecular flexibility index (Phi) is 3.75. The lowest BCUT2D eigenvalue weighted by Crippen LogP contribution is -2.34. The van der Waals surface area contributed by atoms with E-state index in [0.29, 0.717) is 0 Å². The molecule has 1 aliphatic heterocycles. The Balaban J connectivity index is 2.25. The minimum atomic E-state index is -4.72. The topological polar surface area (TPSA) is 90.7 Å². The molecule has 1 fully saturated rings. The number of hydrogen-bond acceptors (Lipinski definition) is 4. The second-order valence-electron chi connectivity index (χ2n) is 4.67. The summed E-state index contributed by atoms with van der Waals surface area (Å²) in [6.07, 6.45) is -3.51. The molecule has 2 rings (SSSR count). The van der Waals surface area contributed by atoms with Gasteiger partial charge in [0.15, 0.2) is 5.69 Å². The molecule has 1 saturated heterocycles. The van der Waals surface area contributed by atoms with Gasteiger partial charge in [-0.3, -0.25) is 9.59 Å². The average Bonchev–Trinajstić information content (AvgIpc) is 2.83. The van der Waals surface area contributed by atoms with Gasteiger partial charge in [0.05, 0.1) is 11.8 Å². The van der Waals surface area contributed by atoms with Crippen LogP contribution in [0.15, 0.2) is 18.3 Å². The van der Waals surface area contributed by atoms with Crippen LogP contribution in [0.2, 0.25) is 0 Å². The molecule has 1 amide bonds. The maximum absolute atomic E-state index is 12.8. The minimum Gasteiger partial charge on any atom is -0.505 e. The van der Waals surface area contributed by atoms with Crippen LogP contribution in [0, 0.1) is 11.8 Å². The average molecular weight is 304 g/mol. The molecule has 0 radical (unpaired) electrons. The zero-order valence-corrected chi connectivity index (χ0v) is 10.5. The first-order valence-corrected chi connectivity index (χ1v) is 5.94. The van der Waals surface area contributed by atoms with Crippen LogP contribution < -0.4 is 0 Å². The highest BCUT2D eigenvalue weighted by Crippen LogP contribution is 2.38. The van der Waals surface area contributed by atoms with E-state index in [1.54, 1.807) is 0 Å². The molecule has 9 heteroatoms. The lowest BCUT2D eigenvalue weighted by molar-refractivity contribution is -0.187. The molecule has 0 saturated carbocycles. The monoisotopic (exact) mass is 304 g/mol. The van der Waals surface area contributed by atoms with Crippen molar-refractivity contribution in [3.05, 3.63) is 24.0 Å². The molecule has 0 bridgehead atoms. The fraction of sp³-hybridized carbons (Fsp3) is 0.417. The Morgan fingerprint density at radius 1 is 1.33 bits per heavy atom. The Hall–Kier alpha value is -2.32. The molecule has 114 valence electrons. The lowest BCUT2D eigenvalue weighted by Gasteiger charge is -2.18. The van der Waals surface area contributed by atoms with Crippen molar-refractivity contribution in [2.24, 2.45) is 11.8 Å². The summed E-state index contributed by atoms with van der Waals surface area (Å²) < 4.78 is 38.5.